The van der Waals surface area contributed by atoms with E-state index < -0.39 is 0 Å². The van der Waals surface area contributed by atoms with Crippen molar-refractivity contribution in [1.29, 1.82) is 0 Å². The summed E-state index contributed by atoms with van der Waals surface area (Å²) < 4.78 is 5.23. The minimum absolute atomic E-state index is 0.0389. The van der Waals surface area contributed by atoms with Gasteiger partial charge in [0.15, 0.2) is 0 Å². The third-order valence-corrected chi connectivity index (χ3v) is 3.51. The fourth-order valence-corrected chi connectivity index (χ4v) is 2.43. The molecule has 1 saturated heterocycles. The van der Waals surface area contributed by atoms with E-state index in [1.807, 2.05) is 18.2 Å². The Morgan fingerprint density at radius 1 is 1.26 bits per heavy atom. The van der Waals surface area contributed by atoms with Gasteiger partial charge in [-0.2, -0.15) is 0 Å². The number of methoxy groups -OCH3 is 1. The van der Waals surface area contributed by atoms with Crippen molar-refractivity contribution in [2.24, 2.45) is 0 Å². The molecule has 0 saturated carbocycles. The van der Waals surface area contributed by atoms with Crippen LogP contribution < -0.4 is 15.4 Å². The molecule has 4 nitrogen and oxygen atoms in total. The van der Waals surface area contributed by atoms with Crippen LogP contribution in [0.15, 0.2) is 24.3 Å². The van der Waals surface area contributed by atoms with Crippen molar-refractivity contribution < 1.29 is 9.53 Å². The average molecular weight is 262 g/mol. The summed E-state index contributed by atoms with van der Waals surface area (Å²) in [6.07, 6.45) is 4.38. The quantitative estimate of drug-likeness (QED) is 0.875. The van der Waals surface area contributed by atoms with Crippen LogP contribution in [0, 0.1) is 0 Å². The molecule has 0 bridgehead atoms. The molecule has 1 fully saturated rings. The molecule has 0 aromatic heterocycles. The van der Waals surface area contributed by atoms with Crippen LogP contribution in [-0.4, -0.2) is 32.1 Å². The zero-order valence-corrected chi connectivity index (χ0v) is 11.4. The van der Waals surface area contributed by atoms with Crippen LogP contribution in [0.4, 0.5) is 0 Å². The number of nitrogens with one attached hydrogen (secondary N) is 2. The smallest absolute Gasteiger partial charge is 0.255 e. The van der Waals surface area contributed by atoms with Crippen LogP contribution in [0.5, 0.6) is 5.75 Å². The van der Waals surface area contributed by atoms with Gasteiger partial charge in [0.25, 0.3) is 5.91 Å². The van der Waals surface area contributed by atoms with Crippen molar-refractivity contribution in [3.63, 3.8) is 0 Å². The highest BCUT2D eigenvalue weighted by molar-refractivity contribution is 5.97. The number of rotatable bonds is 3. The molecule has 0 aliphatic carbocycles. The van der Waals surface area contributed by atoms with Crippen LogP contribution in [0.1, 0.15) is 36.0 Å². The molecule has 1 heterocycles. The number of hydrogen-bond acceptors (Lipinski definition) is 3. The Bertz CT molecular complexity index is 412. The zero-order valence-electron chi connectivity index (χ0n) is 11.4. The number of benzene rings is 1. The van der Waals surface area contributed by atoms with Crippen molar-refractivity contribution in [1.82, 2.24) is 10.6 Å². The highest BCUT2D eigenvalue weighted by atomic mass is 16.5. The molecule has 2 rings (SSSR count). The van der Waals surface area contributed by atoms with Gasteiger partial charge in [0.05, 0.1) is 12.7 Å². The molecule has 1 aromatic rings. The molecule has 104 valence electrons. The molecule has 1 aromatic carbocycles. The van der Waals surface area contributed by atoms with E-state index in [1.54, 1.807) is 13.2 Å². The van der Waals surface area contributed by atoms with E-state index in [4.69, 9.17) is 4.74 Å². The first-order chi connectivity index (χ1) is 9.31. The summed E-state index contributed by atoms with van der Waals surface area (Å²) in [6, 6.07) is 7.60. The molecule has 1 aliphatic heterocycles. The fourth-order valence-electron chi connectivity index (χ4n) is 2.43. The number of carbonyl (C=O) groups excluding carboxylic acids is 1. The maximum atomic E-state index is 12.3. The van der Waals surface area contributed by atoms with E-state index in [0.717, 1.165) is 32.4 Å². The van der Waals surface area contributed by atoms with Gasteiger partial charge in [0.2, 0.25) is 0 Å². The van der Waals surface area contributed by atoms with Gasteiger partial charge < -0.3 is 15.4 Å². The molecule has 1 aliphatic rings. The summed E-state index contributed by atoms with van der Waals surface area (Å²) >= 11 is 0. The molecule has 4 heteroatoms. The molecule has 1 amide bonds. The maximum absolute atomic E-state index is 12.3. The summed E-state index contributed by atoms with van der Waals surface area (Å²) in [5, 5.41) is 6.50. The number of hydrogen-bond donors (Lipinski definition) is 2. The van der Waals surface area contributed by atoms with Gasteiger partial charge >= 0.3 is 0 Å². The highest BCUT2D eigenvalue weighted by Crippen LogP contribution is 2.18. The van der Waals surface area contributed by atoms with Crippen molar-refractivity contribution in [2.45, 2.75) is 31.7 Å². The Morgan fingerprint density at radius 3 is 2.95 bits per heavy atom. The summed E-state index contributed by atoms with van der Waals surface area (Å²) in [4.78, 5) is 12.3. The number of carbonyl (C=O) groups is 1. The Morgan fingerprint density at radius 2 is 2.11 bits per heavy atom. The minimum atomic E-state index is -0.0389. The standard InChI is InChI=1S/C15H22N2O2/c1-19-14-8-3-2-7-13(14)15(18)17-12-6-4-5-10-16-11-9-12/h2-3,7-8,12,16H,4-6,9-11H2,1H3,(H,17,18). The second kappa shape index (κ2) is 7.14. The Balaban J connectivity index is 1.99. The molecule has 0 radical (unpaired) electrons. The number of amides is 1. The van der Waals surface area contributed by atoms with E-state index in [2.05, 4.69) is 10.6 Å². The lowest BCUT2D eigenvalue weighted by molar-refractivity contribution is 0.0928. The average Bonchev–Trinajstić information content (AvgIpc) is 2.41. The lowest BCUT2D eigenvalue weighted by Crippen LogP contribution is -2.38. The Kier molecular flexibility index (Phi) is 5.21. The molecular weight excluding hydrogens is 240 g/mol. The summed E-state index contributed by atoms with van der Waals surface area (Å²) in [6.45, 7) is 2.06. The third-order valence-electron chi connectivity index (χ3n) is 3.51. The Labute approximate surface area is 114 Å². The van der Waals surface area contributed by atoms with Gasteiger partial charge in [0.1, 0.15) is 5.75 Å². The van der Waals surface area contributed by atoms with Crippen LogP contribution in [0.3, 0.4) is 0 Å². The number of ether oxygens (including phenoxy) is 1. The van der Waals surface area contributed by atoms with Crippen LogP contribution in [0.2, 0.25) is 0 Å². The van der Waals surface area contributed by atoms with E-state index >= 15 is 0 Å². The predicted molar refractivity (Wildman–Crippen MR) is 75.6 cm³/mol. The van der Waals surface area contributed by atoms with Gasteiger partial charge in [-0.15, -0.1) is 0 Å². The number of para-hydroxylation sites is 1. The second-order valence-electron chi connectivity index (χ2n) is 4.91. The van der Waals surface area contributed by atoms with Crippen LogP contribution >= 0.6 is 0 Å². The topological polar surface area (TPSA) is 50.4 Å². The van der Waals surface area contributed by atoms with Crippen molar-refractivity contribution >= 4 is 5.91 Å². The van der Waals surface area contributed by atoms with E-state index in [-0.39, 0.29) is 11.9 Å². The lowest BCUT2D eigenvalue weighted by Gasteiger charge is -2.22. The van der Waals surface area contributed by atoms with Crippen LogP contribution in [-0.2, 0) is 0 Å². The first-order valence-electron chi connectivity index (χ1n) is 6.96. The monoisotopic (exact) mass is 262 g/mol. The van der Waals surface area contributed by atoms with Gasteiger partial charge in [-0.1, -0.05) is 18.6 Å². The molecule has 19 heavy (non-hydrogen) atoms. The van der Waals surface area contributed by atoms with Crippen molar-refractivity contribution in [2.75, 3.05) is 20.2 Å². The van der Waals surface area contributed by atoms with Gasteiger partial charge in [-0.3, -0.25) is 4.79 Å². The zero-order chi connectivity index (χ0) is 13.5. The lowest BCUT2D eigenvalue weighted by atomic mass is 10.0. The SMILES string of the molecule is COc1ccccc1C(=O)NC1CCCCNCC1. The molecular formula is C15H22N2O2. The van der Waals surface area contributed by atoms with Gasteiger partial charge in [-0.25, -0.2) is 0 Å². The van der Waals surface area contributed by atoms with Gasteiger partial charge in [-0.05, 0) is 44.5 Å². The van der Waals surface area contributed by atoms with E-state index in [1.165, 1.54) is 6.42 Å². The molecule has 2 N–H and O–H groups in total. The molecule has 1 atom stereocenters. The maximum Gasteiger partial charge on any atom is 0.255 e. The second-order valence-corrected chi connectivity index (χ2v) is 4.91. The normalized spacial score (nSPS) is 20.2. The molecule has 0 spiro atoms. The van der Waals surface area contributed by atoms with Crippen molar-refractivity contribution in [3.8, 4) is 5.75 Å². The largest absolute Gasteiger partial charge is 0.496 e. The minimum Gasteiger partial charge on any atom is -0.496 e. The van der Waals surface area contributed by atoms with Crippen molar-refractivity contribution in [3.05, 3.63) is 29.8 Å². The van der Waals surface area contributed by atoms with E-state index in [0.29, 0.717) is 11.3 Å². The first-order valence-corrected chi connectivity index (χ1v) is 6.96. The highest BCUT2D eigenvalue weighted by Gasteiger charge is 2.17. The van der Waals surface area contributed by atoms with E-state index in [9.17, 15) is 4.79 Å². The van der Waals surface area contributed by atoms with Gasteiger partial charge in [0, 0.05) is 6.04 Å². The fraction of sp³-hybridized carbons (Fsp3) is 0.533. The summed E-state index contributed by atoms with van der Waals surface area (Å²) in [5.74, 6) is 0.590. The predicted octanol–water partition coefficient (Wildman–Crippen LogP) is 1.96. The summed E-state index contributed by atoms with van der Waals surface area (Å²) in [7, 11) is 1.59. The molecule has 1 unspecified atom stereocenters. The van der Waals surface area contributed by atoms with Crippen LogP contribution in [0.25, 0.3) is 0 Å². The third kappa shape index (κ3) is 3.96. The first kappa shape index (κ1) is 13.9. The summed E-state index contributed by atoms with van der Waals surface area (Å²) in [5.41, 5.74) is 0.611. The Hall–Kier alpha value is -1.55.